The highest BCUT2D eigenvalue weighted by Crippen LogP contribution is 2.63. The van der Waals surface area contributed by atoms with Crippen molar-refractivity contribution in [1.29, 1.82) is 0 Å². The van der Waals surface area contributed by atoms with E-state index in [1.54, 1.807) is 6.07 Å². The highest BCUT2D eigenvalue weighted by atomic mass is 32.2. The molecule has 1 fully saturated rings. The highest BCUT2D eigenvalue weighted by molar-refractivity contribution is 7.89. The molecular formula is C14H24N2O2S2. The van der Waals surface area contributed by atoms with Crippen LogP contribution in [0.25, 0.3) is 0 Å². The molecule has 0 saturated heterocycles. The summed E-state index contributed by atoms with van der Waals surface area (Å²) in [6.45, 7) is 11.0. The molecule has 2 N–H and O–H groups in total. The molecule has 1 aromatic heterocycles. The minimum absolute atomic E-state index is 0.00218. The Morgan fingerprint density at radius 1 is 1.25 bits per heavy atom. The second-order valence-corrected chi connectivity index (χ2v) is 9.68. The van der Waals surface area contributed by atoms with Crippen molar-refractivity contribution in [3.8, 4) is 0 Å². The van der Waals surface area contributed by atoms with E-state index in [0.717, 1.165) is 9.75 Å². The molecule has 0 amide bonds. The van der Waals surface area contributed by atoms with Crippen LogP contribution in [0, 0.1) is 17.8 Å². The maximum Gasteiger partial charge on any atom is 0.241 e. The lowest BCUT2D eigenvalue weighted by Crippen LogP contribution is -2.30. The van der Waals surface area contributed by atoms with Gasteiger partial charge in [0.25, 0.3) is 0 Å². The van der Waals surface area contributed by atoms with Crippen molar-refractivity contribution in [2.75, 3.05) is 7.05 Å². The molecule has 0 aromatic carbocycles. The first-order valence-electron chi connectivity index (χ1n) is 6.80. The third-order valence-corrected chi connectivity index (χ3v) is 7.59. The Morgan fingerprint density at radius 2 is 1.80 bits per heavy atom. The molecule has 114 valence electrons. The number of thiophene rings is 1. The van der Waals surface area contributed by atoms with Gasteiger partial charge in [0.05, 0.1) is 4.90 Å². The molecule has 1 aliphatic rings. The van der Waals surface area contributed by atoms with E-state index < -0.39 is 10.0 Å². The average molecular weight is 316 g/mol. The first-order chi connectivity index (χ1) is 9.04. The Hall–Kier alpha value is -0.430. The van der Waals surface area contributed by atoms with E-state index in [4.69, 9.17) is 0 Å². The van der Waals surface area contributed by atoms with Gasteiger partial charge in [-0.05, 0) is 30.9 Å². The molecule has 0 bridgehead atoms. The molecule has 0 spiro atoms. The van der Waals surface area contributed by atoms with Gasteiger partial charge in [0.2, 0.25) is 10.0 Å². The normalized spacial score (nSPS) is 21.1. The zero-order valence-electron chi connectivity index (χ0n) is 13.0. The van der Waals surface area contributed by atoms with Gasteiger partial charge < -0.3 is 5.32 Å². The number of sulfonamides is 1. The second-order valence-electron chi connectivity index (χ2n) is 6.66. The quantitative estimate of drug-likeness (QED) is 0.877. The van der Waals surface area contributed by atoms with E-state index >= 15 is 0 Å². The van der Waals surface area contributed by atoms with E-state index in [1.807, 2.05) is 14.0 Å². The Labute approximate surface area is 126 Å². The van der Waals surface area contributed by atoms with Gasteiger partial charge in [-0.1, -0.05) is 27.7 Å². The van der Waals surface area contributed by atoms with Crippen molar-refractivity contribution in [2.45, 2.75) is 52.1 Å². The van der Waals surface area contributed by atoms with Crippen LogP contribution >= 0.6 is 11.3 Å². The van der Waals surface area contributed by atoms with Gasteiger partial charge >= 0.3 is 0 Å². The molecule has 20 heavy (non-hydrogen) atoms. The van der Waals surface area contributed by atoms with Gasteiger partial charge in [-0.3, -0.25) is 0 Å². The monoisotopic (exact) mass is 316 g/mol. The Kier molecular flexibility index (Phi) is 3.83. The van der Waals surface area contributed by atoms with Gasteiger partial charge in [-0.15, -0.1) is 11.3 Å². The first kappa shape index (κ1) is 15.9. The highest BCUT2D eigenvalue weighted by Gasteiger charge is 2.66. The van der Waals surface area contributed by atoms with Crippen molar-refractivity contribution in [3.63, 3.8) is 0 Å². The molecule has 1 heterocycles. The summed E-state index contributed by atoms with van der Waals surface area (Å²) < 4.78 is 28.0. The summed E-state index contributed by atoms with van der Waals surface area (Å²) in [5, 5.41) is 3.05. The molecule has 0 atom stereocenters. The molecule has 2 rings (SSSR count). The molecule has 0 radical (unpaired) electrons. The van der Waals surface area contributed by atoms with E-state index in [-0.39, 0.29) is 16.9 Å². The van der Waals surface area contributed by atoms with E-state index in [1.165, 1.54) is 11.3 Å². The van der Waals surface area contributed by atoms with Crippen LogP contribution < -0.4 is 10.0 Å². The number of hydrogen-bond donors (Lipinski definition) is 2. The predicted molar refractivity (Wildman–Crippen MR) is 83.5 cm³/mol. The molecule has 1 aliphatic carbocycles. The topological polar surface area (TPSA) is 58.2 Å². The van der Waals surface area contributed by atoms with Gasteiger partial charge in [-0.25, -0.2) is 13.1 Å². The van der Waals surface area contributed by atoms with Crippen molar-refractivity contribution in [1.82, 2.24) is 10.0 Å². The van der Waals surface area contributed by atoms with Crippen LogP contribution in [0.15, 0.2) is 11.0 Å². The first-order valence-corrected chi connectivity index (χ1v) is 9.10. The maximum atomic E-state index is 12.6. The molecule has 6 heteroatoms. The second kappa shape index (κ2) is 4.80. The summed E-state index contributed by atoms with van der Waals surface area (Å²) in [4.78, 5) is 2.31. The Balaban J connectivity index is 2.24. The fourth-order valence-electron chi connectivity index (χ4n) is 2.76. The fraction of sp³-hybridized carbons (Fsp3) is 0.714. The van der Waals surface area contributed by atoms with Crippen LogP contribution in [0.1, 0.15) is 37.4 Å². The van der Waals surface area contributed by atoms with Crippen molar-refractivity contribution >= 4 is 21.4 Å². The van der Waals surface area contributed by atoms with Gasteiger partial charge in [0.1, 0.15) is 0 Å². The lowest BCUT2D eigenvalue weighted by atomic mass is 10.0. The van der Waals surface area contributed by atoms with Gasteiger partial charge in [0.15, 0.2) is 0 Å². The smallest absolute Gasteiger partial charge is 0.241 e. The standard InChI is InChI=1S/C14H24N2O2S2/c1-9-11(7-10(19-9)8-15-6)20(17,18)16-12-13(2,3)14(12,4)5/h7,12,15-16H,8H2,1-6H3. The predicted octanol–water partition coefficient (Wildman–Crippen LogP) is 2.49. The third-order valence-electron chi connectivity index (χ3n) is 4.86. The molecule has 4 nitrogen and oxygen atoms in total. The summed E-state index contributed by atoms with van der Waals surface area (Å²) >= 11 is 1.53. The summed E-state index contributed by atoms with van der Waals surface area (Å²) in [5.41, 5.74) is -0.00436. The summed E-state index contributed by atoms with van der Waals surface area (Å²) in [6, 6.07) is 1.77. The zero-order valence-corrected chi connectivity index (χ0v) is 14.6. The van der Waals surface area contributed by atoms with Crippen LogP contribution in [0.4, 0.5) is 0 Å². The summed E-state index contributed by atoms with van der Waals surface area (Å²) in [6.07, 6.45) is 0. The van der Waals surface area contributed by atoms with Crippen LogP contribution in [-0.2, 0) is 16.6 Å². The summed E-state index contributed by atoms with van der Waals surface area (Å²) in [5.74, 6) is 0. The van der Waals surface area contributed by atoms with Gasteiger partial charge in [0, 0.05) is 22.3 Å². The van der Waals surface area contributed by atoms with Crippen molar-refractivity contribution in [3.05, 3.63) is 15.8 Å². The lowest BCUT2D eigenvalue weighted by Gasteiger charge is -2.07. The van der Waals surface area contributed by atoms with Crippen LogP contribution in [0.5, 0.6) is 0 Å². The van der Waals surface area contributed by atoms with Crippen molar-refractivity contribution in [2.24, 2.45) is 10.8 Å². The van der Waals surface area contributed by atoms with Crippen LogP contribution in [0.3, 0.4) is 0 Å². The molecule has 0 unspecified atom stereocenters. The van der Waals surface area contributed by atoms with E-state index in [0.29, 0.717) is 11.4 Å². The molecule has 0 aliphatic heterocycles. The Morgan fingerprint density at radius 3 is 2.25 bits per heavy atom. The summed E-state index contributed by atoms with van der Waals surface area (Å²) in [7, 11) is -1.58. The molecule has 1 saturated carbocycles. The minimum atomic E-state index is -3.43. The molecular weight excluding hydrogens is 292 g/mol. The van der Waals surface area contributed by atoms with Crippen LogP contribution in [0.2, 0.25) is 0 Å². The van der Waals surface area contributed by atoms with Crippen LogP contribution in [-0.4, -0.2) is 21.5 Å². The lowest BCUT2D eigenvalue weighted by molar-refractivity contribution is 0.457. The number of aryl methyl sites for hydroxylation is 1. The largest absolute Gasteiger partial charge is 0.315 e. The number of hydrogen-bond acceptors (Lipinski definition) is 4. The number of rotatable bonds is 5. The minimum Gasteiger partial charge on any atom is -0.315 e. The maximum absolute atomic E-state index is 12.6. The zero-order chi connectivity index (χ0) is 15.3. The van der Waals surface area contributed by atoms with E-state index in [9.17, 15) is 8.42 Å². The molecule has 1 aromatic rings. The third kappa shape index (κ3) is 2.43. The average Bonchev–Trinajstić information content (AvgIpc) is 2.64. The SMILES string of the molecule is CNCc1cc(S(=O)(=O)NC2C(C)(C)C2(C)C)c(C)s1. The van der Waals surface area contributed by atoms with Gasteiger partial charge in [-0.2, -0.15) is 0 Å². The number of nitrogens with one attached hydrogen (secondary N) is 2. The van der Waals surface area contributed by atoms with E-state index in [2.05, 4.69) is 37.7 Å². The van der Waals surface area contributed by atoms with Crippen molar-refractivity contribution < 1.29 is 8.42 Å². The Bertz CT molecular complexity index is 601. The fourth-order valence-corrected chi connectivity index (χ4v) is 5.94.